The van der Waals surface area contributed by atoms with Gasteiger partial charge in [-0.15, -0.1) is 11.3 Å². The maximum absolute atomic E-state index is 6.46. The van der Waals surface area contributed by atoms with E-state index in [-0.39, 0.29) is 0 Å². The van der Waals surface area contributed by atoms with Crippen molar-refractivity contribution < 1.29 is 0 Å². The van der Waals surface area contributed by atoms with Gasteiger partial charge in [-0.1, -0.05) is 29.8 Å². The highest BCUT2D eigenvalue weighted by atomic mass is 127. The van der Waals surface area contributed by atoms with E-state index in [4.69, 9.17) is 11.6 Å². The first kappa shape index (κ1) is 14.2. The molecule has 0 aliphatic carbocycles. The third-order valence-electron chi connectivity index (χ3n) is 3.23. The second kappa shape index (κ2) is 5.92. The average molecular weight is 414 g/mol. The molecule has 1 N–H and O–H groups in total. The molecular weight excluding hydrogens is 401 g/mol. The van der Waals surface area contributed by atoms with Crippen LogP contribution in [-0.4, -0.2) is 0 Å². The van der Waals surface area contributed by atoms with Crippen molar-refractivity contribution in [3.05, 3.63) is 61.5 Å². The molecule has 0 atom stereocenters. The molecule has 0 bridgehead atoms. The zero-order chi connectivity index (χ0) is 14.1. The molecule has 0 aliphatic heterocycles. The van der Waals surface area contributed by atoms with E-state index in [9.17, 15) is 0 Å². The third kappa shape index (κ3) is 2.80. The summed E-state index contributed by atoms with van der Waals surface area (Å²) < 4.78 is 2.50. The Bertz CT molecular complexity index is 766. The zero-order valence-corrected chi connectivity index (χ0v) is 14.6. The lowest BCUT2D eigenvalue weighted by Crippen LogP contribution is -1.99. The van der Waals surface area contributed by atoms with Gasteiger partial charge in [0, 0.05) is 24.2 Å². The summed E-state index contributed by atoms with van der Waals surface area (Å²) in [6.45, 7) is 2.89. The van der Waals surface area contributed by atoms with Gasteiger partial charge in [0.05, 0.1) is 11.6 Å². The van der Waals surface area contributed by atoms with Gasteiger partial charge in [0.15, 0.2) is 0 Å². The molecule has 0 amide bonds. The lowest BCUT2D eigenvalue weighted by Gasteiger charge is -2.09. The van der Waals surface area contributed by atoms with Crippen molar-refractivity contribution in [2.45, 2.75) is 13.5 Å². The summed E-state index contributed by atoms with van der Waals surface area (Å²) in [6, 6.07) is 14.7. The quantitative estimate of drug-likeness (QED) is 0.513. The molecule has 0 unspecified atom stereocenters. The summed E-state index contributed by atoms with van der Waals surface area (Å²) in [6.07, 6.45) is 0. The number of benzene rings is 2. The van der Waals surface area contributed by atoms with Gasteiger partial charge < -0.3 is 5.32 Å². The van der Waals surface area contributed by atoms with Gasteiger partial charge in [0.25, 0.3) is 0 Å². The molecule has 2 aromatic carbocycles. The molecular formula is C16H13ClINS. The maximum atomic E-state index is 6.46. The number of rotatable bonds is 3. The van der Waals surface area contributed by atoms with Gasteiger partial charge in [-0.2, -0.15) is 0 Å². The molecule has 1 aromatic heterocycles. The lowest BCUT2D eigenvalue weighted by atomic mass is 10.2. The second-order valence-corrected chi connectivity index (χ2v) is 7.41. The summed E-state index contributed by atoms with van der Waals surface area (Å²) in [7, 11) is 0. The van der Waals surface area contributed by atoms with E-state index in [0.29, 0.717) is 0 Å². The highest BCUT2D eigenvalue weighted by Gasteiger charge is 2.09. The van der Waals surface area contributed by atoms with Crippen LogP contribution in [0, 0.1) is 10.5 Å². The Morgan fingerprint density at radius 1 is 1.20 bits per heavy atom. The van der Waals surface area contributed by atoms with Crippen molar-refractivity contribution in [1.29, 1.82) is 0 Å². The van der Waals surface area contributed by atoms with E-state index in [1.165, 1.54) is 24.4 Å². The number of anilines is 1. The maximum Gasteiger partial charge on any atom is 0.0642 e. The van der Waals surface area contributed by atoms with E-state index in [1.54, 1.807) is 11.3 Å². The molecule has 0 saturated heterocycles. The van der Waals surface area contributed by atoms with Gasteiger partial charge in [-0.05, 0) is 59.3 Å². The number of halogens is 2. The fourth-order valence-corrected chi connectivity index (χ4v) is 4.27. The molecule has 0 radical (unpaired) electrons. The van der Waals surface area contributed by atoms with Crippen LogP contribution >= 0.6 is 45.5 Å². The minimum Gasteiger partial charge on any atom is -0.380 e. The van der Waals surface area contributed by atoms with Gasteiger partial charge in [0.1, 0.15) is 0 Å². The number of fused-ring (bicyclic) bond motifs is 1. The van der Waals surface area contributed by atoms with Crippen LogP contribution in [0.2, 0.25) is 5.02 Å². The number of thiophene rings is 1. The topological polar surface area (TPSA) is 12.0 Å². The number of nitrogens with one attached hydrogen (secondary N) is 1. The third-order valence-corrected chi connectivity index (χ3v) is 5.61. The Labute approximate surface area is 141 Å². The van der Waals surface area contributed by atoms with Crippen LogP contribution in [0.3, 0.4) is 0 Å². The minimum absolute atomic E-state index is 0.764. The summed E-state index contributed by atoms with van der Waals surface area (Å²) >= 11 is 10.5. The first-order valence-corrected chi connectivity index (χ1v) is 8.58. The minimum atomic E-state index is 0.764. The SMILES string of the molecule is Cc1cc(I)ccc1NCc1sc2ccccc2c1Cl. The van der Waals surface area contributed by atoms with Crippen molar-refractivity contribution in [1.82, 2.24) is 0 Å². The molecule has 0 fully saturated rings. The average Bonchev–Trinajstić information content (AvgIpc) is 2.75. The monoisotopic (exact) mass is 413 g/mol. The number of hydrogen-bond acceptors (Lipinski definition) is 2. The predicted molar refractivity (Wildman–Crippen MR) is 98.1 cm³/mol. The summed E-state index contributed by atoms with van der Waals surface area (Å²) in [4.78, 5) is 1.19. The van der Waals surface area contributed by atoms with Crippen LogP contribution in [0.15, 0.2) is 42.5 Å². The largest absolute Gasteiger partial charge is 0.380 e. The van der Waals surface area contributed by atoms with E-state index in [0.717, 1.165) is 17.0 Å². The van der Waals surface area contributed by atoms with Crippen molar-refractivity contribution in [3.8, 4) is 0 Å². The fourth-order valence-electron chi connectivity index (χ4n) is 2.18. The van der Waals surface area contributed by atoms with Crippen LogP contribution in [-0.2, 0) is 6.54 Å². The molecule has 0 saturated carbocycles. The highest BCUT2D eigenvalue weighted by Crippen LogP contribution is 2.35. The first-order valence-electron chi connectivity index (χ1n) is 6.31. The predicted octanol–water partition coefficient (Wildman–Crippen LogP) is 6.08. The summed E-state index contributed by atoms with van der Waals surface area (Å²) in [5.74, 6) is 0. The van der Waals surface area contributed by atoms with Gasteiger partial charge in [0.2, 0.25) is 0 Å². The Morgan fingerprint density at radius 3 is 2.75 bits per heavy atom. The van der Waals surface area contributed by atoms with Crippen molar-refractivity contribution in [2.75, 3.05) is 5.32 Å². The molecule has 1 heterocycles. The first-order chi connectivity index (χ1) is 9.65. The van der Waals surface area contributed by atoms with Gasteiger partial charge in [-0.3, -0.25) is 0 Å². The van der Waals surface area contributed by atoms with Gasteiger partial charge >= 0.3 is 0 Å². The molecule has 1 nitrogen and oxygen atoms in total. The van der Waals surface area contributed by atoms with Crippen molar-refractivity contribution >= 4 is 61.3 Å². The normalized spacial score (nSPS) is 10.9. The van der Waals surface area contributed by atoms with E-state index in [1.807, 2.05) is 6.07 Å². The number of hydrogen-bond donors (Lipinski definition) is 1. The standard InChI is InChI=1S/C16H13ClINS/c1-10-8-11(18)6-7-13(10)19-9-15-16(17)12-4-2-3-5-14(12)20-15/h2-8,19H,9H2,1H3. The number of aryl methyl sites for hydroxylation is 1. The zero-order valence-electron chi connectivity index (χ0n) is 10.9. The Balaban J connectivity index is 1.85. The van der Waals surface area contributed by atoms with Crippen molar-refractivity contribution in [3.63, 3.8) is 0 Å². The van der Waals surface area contributed by atoms with Crippen LogP contribution < -0.4 is 5.32 Å². The lowest BCUT2D eigenvalue weighted by molar-refractivity contribution is 1.18. The highest BCUT2D eigenvalue weighted by molar-refractivity contribution is 14.1. The fraction of sp³-hybridized carbons (Fsp3) is 0.125. The molecule has 102 valence electrons. The van der Waals surface area contributed by atoms with Crippen LogP contribution in [0.1, 0.15) is 10.4 Å². The second-order valence-electron chi connectivity index (χ2n) is 4.65. The smallest absolute Gasteiger partial charge is 0.0642 e. The summed E-state index contributed by atoms with van der Waals surface area (Å²) in [5.41, 5.74) is 2.42. The van der Waals surface area contributed by atoms with E-state index >= 15 is 0 Å². The molecule has 3 rings (SSSR count). The van der Waals surface area contributed by atoms with Crippen LogP contribution in [0.5, 0.6) is 0 Å². The molecule has 0 spiro atoms. The van der Waals surface area contributed by atoms with Crippen LogP contribution in [0.4, 0.5) is 5.69 Å². The molecule has 4 heteroatoms. The van der Waals surface area contributed by atoms with E-state index in [2.05, 4.69) is 71.2 Å². The van der Waals surface area contributed by atoms with Crippen LogP contribution in [0.25, 0.3) is 10.1 Å². The Kier molecular flexibility index (Phi) is 4.19. The van der Waals surface area contributed by atoms with E-state index < -0.39 is 0 Å². The molecule has 0 aliphatic rings. The Morgan fingerprint density at radius 2 is 2.00 bits per heavy atom. The Hall–Kier alpha value is -0.780. The van der Waals surface area contributed by atoms with Crippen molar-refractivity contribution in [2.24, 2.45) is 0 Å². The van der Waals surface area contributed by atoms with Gasteiger partial charge in [-0.25, -0.2) is 0 Å². The molecule has 20 heavy (non-hydrogen) atoms. The summed E-state index contributed by atoms with van der Waals surface area (Å²) in [5, 5.41) is 5.51. The molecule has 3 aromatic rings.